The molecule has 88 valence electrons. The van der Waals surface area contributed by atoms with Crippen LogP contribution in [0.5, 0.6) is 0 Å². The molecule has 0 fully saturated rings. The molecule has 1 unspecified atom stereocenters. The Hall–Kier alpha value is -0.970. The molecule has 2 aromatic rings. The van der Waals surface area contributed by atoms with Gasteiger partial charge >= 0.3 is 0 Å². The molecule has 0 saturated heterocycles. The molecule has 17 heavy (non-hydrogen) atoms. The number of halogens is 3. The van der Waals surface area contributed by atoms with Gasteiger partial charge in [0.25, 0.3) is 0 Å². The van der Waals surface area contributed by atoms with E-state index in [4.69, 9.17) is 11.6 Å². The van der Waals surface area contributed by atoms with Crippen LogP contribution in [0.1, 0.15) is 17.2 Å². The minimum absolute atomic E-state index is 0.198. The van der Waals surface area contributed by atoms with Crippen LogP contribution in [-0.4, -0.2) is 10.1 Å². The van der Waals surface area contributed by atoms with Gasteiger partial charge in [0.05, 0.1) is 0 Å². The number of hydrogen-bond donors (Lipinski definition) is 1. The standard InChI is InChI=1S/C12H8BrClFNO/c13-8-2-3-10(15)9(5-8)12(17)7-1-4-11(14)16-6-7/h1-6,12,17H. The first-order valence-corrected chi connectivity index (χ1v) is 5.99. The second kappa shape index (κ2) is 5.12. The van der Waals surface area contributed by atoms with Crippen LogP contribution in [0.3, 0.4) is 0 Å². The summed E-state index contributed by atoms with van der Waals surface area (Å²) in [5.74, 6) is -0.462. The van der Waals surface area contributed by atoms with Crippen molar-refractivity contribution in [1.29, 1.82) is 0 Å². The summed E-state index contributed by atoms with van der Waals surface area (Å²) in [7, 11) is 0. The summed E-state index contributed by atoms with van der Waals surface area (Å²) in [4.78, 5) is 3.85. The number of aromatic nitrogens is 1. The zero-order valence-electron chi connectivity index (χ0n) is 8.57. The minimum atomic E-state index is -1.06. The lowest BCUT2D eigenvalue weighted by Gasteiger charge is -2.12. The van der Waals surface area contributed by atoms with Crippen molar-refractivity contribution >= 4 is 27.5 Å². The van der Waals surface area contributed by atoms with Crippen LogP contribution in [0, 0.1) is 5.82 Å². The van der Waals surface area contributed by atoms with Crippen molar-refractivity contribution in [1.82, 2.24) is 4.98 Å². The maximum absolute atomic E-state index is 13.6. The minimum Gasteiger partial charge on any atom is -0.383 e. The van der Waals surface area contributed by atoms with Gasteiger partial charge in [-0.1, -0.05) is 33.6 Å². The van der Waals surface area contributed by atoms with Crippen LogP contribution in [0.2, 0.25) is 5.15 Å². The topological polar surface area (TPSA) is 33.1 Å². The normalized spacial score (nSPS) is 12.5. The summed E-state index contributed by atoms with van der Waals surface area (Å²) in [5.41, 5.74) is 0.690. The quantitative estimate of drug-likeness (QED) is 0.857. The van der Waals surface area contributed by atoms with E-state index in [9.17, 15) is 9.50 Å². The number of aliphatic hydroxyl groups is 1. The van der Waals surface area contributed by atoms with E-state index in [0.717, 1.165) is 0 Å². The van der Waals surface area contributed by atoms with E-state index in [1.165, 1.54) is 18.3 Å². The summed E-state index contributed by atoms with van der Waals surface area (Å²) < 4.78 is 14.3. The Bertz CT molecular complexity index is 533. The highest BCUT2D eigenvalue weighted by Gasteiger charge is 2.15. The zero-order valence-corrected chi connectivity index (χ0v) is 10.9. The Morgan fingerprint density at radius 3 is 2.71 bits per heavy atom. The number of pyridine rings is 1. The van der Waals surface area contributed by atoms with E-state index in [1.807, 2.05) is 0 Å². The summed E-state index contributed by atoms with van der Waals surface area (Å²) >= 11 is 8.88. The molecule has 1 aromatic heterocycles. The molecule has 1 aromatic carbocycles. The summed E-state index contributed by atoms with van der Waals surface area (Å²) in [6.07, 6.45) is 0.366. The first kappa shape index (κ1) is 12.5. The summed E-state index contributed by atoms with van der Waals surface area (Å²) in [6.45, 7) is 0. The molecule has 0 amide bonds. The molecular formula is C12H8BrClFNO. The third-order valence-corrected chi connectivity index (χ3v) is 3.04. The summed E-state index contributed by atoms with van der Waals surface area (Å²) in [6, 6.07) is 7.57. The largest absolute Gasteiger partial charge is 0.383 e. The lowest BCUT2D eigenvalue weighted by atomic mass is 10.0. The monoisotopic (exact) mass is 315 g/mol. The Balaban J connectivity index is 2.39. The molecule has 0 aliphatic heterocycles. The third kappa shape index (κ3) is 2.83. The molecule has 0 aliphatic carbocycles. The number of aliphatic hydroxyl groups excluding tert-OH is 1. The smallest absolute Gasteiger partial charge is 0.129 e. The SMILES string of the molecule is OC(c1ccc(Cl)nc1)c1cc(Br)ccc1F. The average molecular weight is 317 g/mol. The highest BCUT2D eigenvalue weighted by molar-refractivity contribution is 9.10. The predicted octanol–water partition coefficient (Wildman–Crippen LogP) is 3.72. The van der Waals surface area contributed by atoms with E-state index in [1.54, 1.807) is 18.2 Å². The van der Waals surface area contributed by atoms with Gasteiger partial charge in [-0.2, -0.15) is 0 Å². The highest BCUT2D eigenvalue weighted by Crippen LogP contribution is 2.26. The Morgan fingerprint density at radius 2 is 2.06 bits per heavy atom. The van der Waals surface area contributed by atoms with Crippen molar-refractivity contribution in [2.24, 2.45) is 0 Å². The first-order chi connectivity index (χ1) is 8.08. The van der Waals surface area contributed by atoms with Crippen LogP contribution in [0.15, 0.2) is 41.0 Å². The van der Waals surface area contributed by atoms with Gasteiger partial charge in [-0.15, -0.1) is 0 Å². The second-order valence-corrected chi connectivity index (χ2v) is 4.79. The first-order valence-electron chi connectivity index (χ1n) is 4.82. The molecule has 0 bridgehead atoms. The van der Waals surface area contributed by atoms with Gasteiger partial charge in [0.1, 0.15) is 17.1 Å². The van der Waals surface area contributed by atoms with Gasteiger partial charge in [-0.05, 0) is 24.3 Å². The molecule has 0 spiro atoms. The fourth-order valence-electron chi connectivity index (χ4n) is 1.45. The molecule has 1 N–H and O–H groups in total. The van der Waals surface area contributed by atoms with Gasteiger partial charge < -0.3 is 5.11 Å². The van der Waals surface area contributed by atoms with Crippen LogP contribution in [0.25, 0.3) is 0 Å². The van der Waals surface area contributed by atoms with E-state index >= 15 is 0 Å². The van der Waals surface area contributed by atoms with Gasteiger partial charge in [0.15, 0.2) is 0 Å². The van der Waals surface area contributed by atoms with Crippen LogP contribution < -0.4 is 0 Å². The molecule has 2 nitrogen and oxygen atoms in total. The maximum atomic E-state index is 13.6. The molecule has 2 rings (SSSR count). The van der Waals surface area contributed by atoms with Gasteiger partial charge in [0, 0.05) is 21.8 Å². The lowest BCUT2D eigenvalue weighted by molar-refractivity contribution is 0.214. The fourth-order valence-corrected chi connectivity index (χ4v) is 1.94. The van der Waals surface area contributed by atoms with E-state index in [-0.39, 0.29) is 5.56 Å². The maximum Gasteiger partial charge on any atom is 0.129 e. The van der Waals surface area contributed by atoms with E-state index in [2.05, 4.69) is 20.9 Å². The molecular weight excluding hydrogens is 308 g/mol. The molecule has 0 saturated carbocycles. The Morgan fingerprint density at radius 1 is 1.29 bits per heavy atom. The van der Waals surface area contributed by atoms with Gasteiger partial charge in [-0.25, -0.2) is 9.37 Å². The number of hydrogen-bond acceptors (Lipinski definition) is 2. The fraction of sp³-hybridized carbons (Fsp3) is 0.0833. The predicted molar refractivity (Wildman–Crippen MR) is 67.4 cm³/mol. The third-order valence-electron chi connectivity index (χ3n) is 2.32. The van der Waals surface area contributed by atoms with Crippen molar-refractivity contribution in [2.75, 3.05) is 0 Å². The lowest BCUT2D eigenvalue weighted by Crippen LogP contribution is -2.03. The van der Waals surface area contributed by atoms with E-state index in [0.29, 0.717) is 15.2 Å². The molecule has 1 heterocycles. The second-order valence-electron chi connectivity index (χ2n) is 3.48. The summed E-state index contributed by atoms with van der Waals surface area (Å²) in [5, 5.41) is 10.4. The van der Waals surface area contributed by atoms with Crippen LogP contribution in [0.4, 0.5) is 4.39 Å². The van der Waals surface area contributed by atoms with Crippen molar-refractivity contribution in [2.45, 2.75) is 6.10 Å². The molecule has 0 radical (unpaired) electrons. The molecule has 5 heteroatoms. The number of nitrogens with zero attached hydrogens (tertiary/aromatic N) is 1. The molecule has 0 aliphatic rings. The van der Waals surface area contributed by atoms with Gasteiger partial charge in [-0.3, -0.25) is 0 Å². The Kier molecular flexibility index (Phi) is 3.76. The number of rotatable bonds is 2. The highest BCUT2D eigenvalue weighted by atomic mass is 79.9. The van der Waals surface area contributed by atoms with Crippen molar-refractivity contribution in [3.05, 3.63) is 63.1 Å². The zero-order chi connectivity index (χ0) is 12.4. The van der Waals surface area contributed by atoms with Crippen LogP contribution >= 0.6 is 27.5 Å². The Labute approximate surface area is 111 Å². The van der Waals surface area contributed by atoms with Gasteiger partial charge in [0.2, 0.25) is 0 Å². The molecule has 1 atom stereocenters. The van der Waals surface area contributed by atoms with Crippen LogP contribution in [-0.2, 0) is 0 Å². The average Bonchev–Trinajstić information content (AvgIpc) is 2.32. The van der Waals surface area contributed by atoms with Crippen molar-refractivity contribution in [3.63, 3.8) is 0 Å². The van der Waals surface area contributed by atoms with Crippen molar-refractivity contribution < 1.29 is 9.50 Å². The number of benzene rings is 1. The van der Waals surface area contributed by atoms with E-state index < -0.39 is 11.9 Å². The van der Waals surface area contributed by atoms with Crippen molar-refractivity contribution in [3.8, 4) is 0 Å².